The summed E-state index contributed by atoms with van der Waals surface area (Å²) in [4.78, 5) is 14.5. The third-order valence-corrected chi connectivity index (χ3v) is 5.01. The molecule has 2 aromatic carbocycles. The van der Waals surface area contributed by atoms with Crippen LogP contribution in [0, 0.1) is 0 Å². The van der Waals surface area contributed by atoms with E-state index < -0.39 is 0 Å². The molecule has 0 atom stereocenters. The van der Waals surface area contributed by atoms with E-state index in [1.54, 1.807) is 6.08 Å². The Morgan fingerprint density at radius 2 is 1.68 bits per heavy atom. The topological polar surface area (TPSA) is 45.5 Å². The maximum Gasteiger partial charge on any atom is 0.248 e. The van der Waals surface area contributed by atoms with Gasteiger partial charge in [-0.2, -0.15) is 0 Å². The number of hydrogen-bond acceptors (Lipinski definition) is 3. The average Bonchev–Trinajstić information content (AvgIpc) is 3.40. The molecule has 5 heteroatoms. The fourth-order valence-electron chi connectivity index (χ4n) is 3.28. The van der Waals surface area contributed by atoms with E-state index in [0.29, 0.717) is 10.8 Å². The van der Waals surface area contributed by atoms with Gasteiger partial charge in [0.05, 0.1) is 0 Å². The molecule has 4 nitrogen and oxygen atoms in total. The lowest BCUT2D eigenvalue weighted by Crippen LogP contribution is -2.17. The highest BCUT2D eigenvalue weighted by Crippen LogP contribution is 2.25. The molecular weight excluding hydrogens is 372 g/mol. The van der Waals surface area contributed by atoms with Crippen molar-refractivity contribution < 1.29 is 9.21 Å². The lowest BCUT2D eigenvalue weighted by molar-refractivity contribution is -0.111. The molecular formula is C23H21ClN2O2. The van der Waals surface area contributed by atoms with Gasteiger partial charge in [-0.1, -0.05) is 11.6 Å². The normalized spacial score (nSPS) is 14.0. The molecule has 3 aromatic rings. The lowest BCUT2D eigenvalue weighted by Gasteiger charge is -2.17. The molecule has 1 fully saturated rings. The Hall–Kier alpha value is -2.98. The van der Waals surface area contributed by atoms with Gasteiger partial charge in [0.2, 0.25) is 5.91 Å². The Morgan fingerprint density at radius 1 is 0.964 bits per heavy atom. The lowest BCUT2D eigenvalue weighted by atomic mass is 10.2. The highest BCUT2D eigenvalue weighted by Gasteiger charge is 2.12. The van der Waals surface area contributed by atoms with Gasteiger partial charge in [-0.3, -0.25) is 4.79 Å². The summed E-state index contributed by atoms with van der Waals surface area (Å²) < 4.78 is 5.77. The molecule has 0 bridgehead atoms. The van der Waals surface area contributed by atoms with Gasteiger partial charge in [0.25, 0.3) is 0 Å². The summed E-state index contributed by atoms with van der Waals surface area (Å²) in [5, 5.41) is 3.56. The molecule has 1 N–H and O–H groups in total. The van der Waals surface area contributed by atoms with Gasteiger partial charge in [-0.05, 0) is 79.6 Å². The fourth-order valence-corrected chi connectivity index (χ4v) is 3.41. The van der Waals surface area contributed by atoms with Gasteiger partial charge in [0, 0.05) is 41.1 Å². The number of anilines is 2. The van der Waals surface area contributed by atoms with E-state index in [1.165, 1.54) is 24.6 Å². The summed E-state index contributed by atoms with van der Waals surface area (Å²) in [7, 11) is 0. The molecule has 1 aromatic heterocycles. The molecule has 0 radical (unpaired) electrons. The van der Waals surface area contributed by atoms with Gasteiger partial charge in [-0.15, -0.1) is 0 Å². The van der Waals surface area contributed by atoms with Crippen LogP contribution in [0.15, 0.2) is 71.2 Å². The Bertz CT molecular complexity index is 969. The number of carbonyl (C=O) groups is 1. The van der Waals surface area contributed by atoms with Gasteiger partial charge in [0.15, 0.2) is 0 Å². The number of nitrogens with one attached hydrogen (secondary N) is 1. The molecule has 1 aliphatic rings. The van der Waals surface area contributed by atoms with Crippen molar-refractivity contribution in [3.63, 3.8) is 0 Å². The van der Waals surface area contributed by atoms with E-state index in [2.05, 4.69) is 22.3 Å². The standard InChI is InChI=1S/C23H21ClN2O2/c24-18-5-3-17(4-6-18)22-13-11-21(28-22)12-14-23(27)25-19-7-9-20(10-8-19)26-15-1-2-16-26/h3-14H,1-2,15-16H2,(H,25,27). The minimum absolute atomic E-state index is 0.196. The molecule has 0 unspecified atom stereocenters. The molecule has 0 aliphatic carbocycles. The van der Waals surface area contributed by atoms with Gasteiger partial charge >= 0.3 is 0 Å². The van der Waals surface area contributed by atoms with E-state index in [-0.39, 0.29) is 5.91 Å². The number of benzene rings is 2. The minimum Gasteiger partial charge on any atom is -0.457 e. The summed E-state index contributed by atoms with van der Waals surface area (Å²) in [5.41, 5.74) is 2.92. The quantitative estimate of drug-likeness (QED) is 0.554. The zero-order valence-corrected chi connectivity index (χ0v) is 16.2. The second kappa shape index (κ2) is 8.36. The first-order chi connectivity index (χ1) is 13.7. The third kappa shape index (κ3) is 4.46. The number of nitrogens with zero attached hydrogens (tertiary/aromatic N) is 1. The van der Waals surface area contributed by atoms with Crippen molar-refractivity contribution in [1.82, 2.24) is 0 Å². The van der Waals surface area contributed by atoms with Crippen molar-refractivity contribution in [2.45, 2.75) is 12.8 Å². The van der Waals surface area contributed by atoms with Crippen LogP contribution in [-0.4, -0.2) is 19.0 Å². The monoisotopic (exact) mass is 392 g/mol. The van der Waals surface area contributed by atoms with Crippen LogP contribution in [0.2, 0.25) is 5.02 Å². The van der Waals surface area contributed by atoms with Crippen LogP contribution in [0.5, 0.6) is 0 Å². The molecule has 1 aliphatic heterocycles. The molecule has 0 spiro atoms. The molecule has 2 heterocycles. The Kier molecular flexibility index (Phi) is 5.49. The molecule has 0 saturated carbocycles. The maximum absolute atomic E-state index is 12.2. The second-order valence-corrected chi connectivity index (χ2v) is 7.21. The smallest absolute Gasteiger partial charge is 0.248 e. The van der Waals surface area contributed by atoms with Crippen molar-refractivity contribution >= 4 is 35.0 Å². The molecule has 1 saturated heterocycles. The summed E-state index contributed by atoms with van der Waals surface area (Å²) in [5.74, 6) is 1.15. The zero-order valence-electron chi connectivity index (χ0n) is 15.4. The number of furan rings is 1. The summed E-state index contributed by atoms with van der Waals surface area (Å²) in [6, 6.07) is 19.1. The van der Waals surface area contributed by atoms with Crippen molar-refractivity contribution in [3.8, 4) is 11.3 Å². The first-order valence-electron chi connectivity index (χ1n) is 9.37. The van der Waals surface area contributed by atoms with Crippen LogP contribution in [0.25, 0.3) is 17.4 Å². The van der Waals surface area contributed by atoms with Crippen LogP contribution >= 0.6 is 11.6 Å². The predicted molar refractivity (Wildman–Crippen MR) is 115 cm³/mol. The molecule has 4 rings (SSSR count). The number of hydrogen-bond donors (Lipinski definition) is 1. The molecule has 28 heavy (non-hydrogen) atoms. The van der Waals surface area contributed by atoms with E-state index in [9.17, 15) is 4.79 Å². The van der Waals surface area contributed by atoms with Crippen LogP contribution in [0.1, 0.15) is 18.6 Å². The summed E-state index contributed by atoms with van der Waals surface area (Å²) in [6.07, 6.45) is 5.62. The Labute approximate surface area is 169 Å². The van der Waals surface area contributed by atoms with Crippen LogP contribution in [0.3, 0.4) is 0 Å². The maximum atomic E-state index is 12.2. The first kappa shape index (κ1) is 18.4. The van der Waals surface area contributed by atoms with Crippen LogP contribution < -0.4 is 10.2 Å². The number of halogens is 1. The largest absolute Gasteiger partial charge is 0.457 e. The minimum atomic E-state index is -0.196. The van der Waals surface area contributed by atoms with Crippen LogP contribution in [0.4, 0.5) is 11.4 Å². The average molecular weight is 393 g/mol. The van der Waals surface area contributed by atoms with Gasteiger partial charge in [-0.25, -0.2) is 0 Å². The fraction of sp³-hybridized carbons (Fsp3) is 0.174. The van der Waals surface area contributed by atoms with E-state index >= 15 is 0 Å². The molecule has 1 amide bonds. The van der Waals surface area contributed by atoms with Crippen molar-refractivity contribution in [2.24, 2.45) is 0 Å². The SMILES string of the molecule is O=C(C=Cc1ccc(-c2ccc(Cl)cc2)o1)Nc1ccc(N2CCCC2)cc1. The van der Waals surface area contributed by atoms with E-state index in [1.807, 2.05) is 48.5 Å². The van der Waals surface area contributed by atoms with Gasteiger partial charge < -0.3 is 14.6 Å². The first-order valence-corrected chi connectivity index (χ1v) is 9.75. The third-order valence-electron chi connectivity index (χ3n) is 4.76. The van der Waals surface area contributed by atoms with Crippen molar-refractivity contribution in [2.75, 3.05) is 23.3 Å². The molecule has 142 valence electrons. The number of rotatable bonds is 5. The highest BCUT2D eigenvalue weighted by atomic mass is 35.5. The van der Waals surface area contributed by atoms with Crippen LogP contribution in [-0.2, 0) is 4.79 Å². The van der Waals surface area contributed by atoms with E-state index in [4.69, 9.17) is 16.0 Å². The predicted octanol–water partition coefficient (Wildman–Crippen LogP) is 5.85. The zero-order chi connectivity index (χ0) is 19.3. The summed E-state index contributed by atoms with van der Waals surface area (Å²) in [6.45, 7) is 2.21. The van der Waals surface area contributed by atoms with E-state index in [0.717, 1.165) is 30.1 Å². The van der Waals surface area contributed by atoms with Gasteiger partial charge in [0.1, 0.15) is 11.5 Å². The second-order valence-electron chi connectivity index (χ2n) is 6.77. The Balaban J connectivity index is 1.35. The number of carbonyl (C=O) groups excluding carboxylic acids is 1. The Morgan fingerprint density at radius 3 is 2.39 bits per heavy atom. The van der Waals surface area contributed by atoms with Crippen molar-refractivity contribution in [1.29, 1.82) is 0 Å². The number of amides is 1. The summed E-state index contributed by atoms with van der Waals surface area (Å²) >= 11 is 5.91. The highest BCUT2D eigenvalue weighted by molar-refractivity contribution is 6.30. The van der Waals surface area contributed by atoms with Crippen molar-refractivity contribution in [3.05, 3.63) is 77.5 Å².